The summed E-state index contributed by atoms with van der Waals surface area (Å²) in [6, 6.07) is 75.2. The molecule has 8 aromatic rings. The number of carbonyl (C=O) groups excluding carboxylic acids is 1. The van der Waals surface area contributed by atoms with E-state index in [2.05, 4.69) is 296 Å². The summed E-state index contributed by atoms with van der Waals surface area (Å²) in [6.07, 6.45) is 8.58. The van der Waals surface area contributed by atoms with Crippen molar-refractivity contribution in [2.24, 2.45) is 0 Å². The lowest BCUT2D eigenvalue weighted by molar-refractivity contribution is -0.0000202. The van der Waals surface area contributed by atoms with Gasteiger partial charge in [0, 0.05) is 19.0 Å². The van der Waals surface area contributed by atoms with Crippen LogP contribution in [0, 0.1) is 0 Å². The molecule has 0 aliphatic carbocycles. The van der Waals surface area contributed by atoms with Gasteiger partial charge >= 0.3 is 0 Å². The van der Waals surface area contributed by atoms with Gasteiger partial charge in [-0.05, 0) is 123 Å². The van der Waals surface area contributed by atoms with Crippen LogP contribution in [-0.2, 0) is 23.4 Å². The van der Waals surface area contributed by atoms with Crippen molar-refractivity contribution < 1.29 is 21.8 Å². The molecule has 69 heavy (non-hydrogen) atoms. The fraction of sp³-hybridized carbons (Fsp3) is 0.190. The predicted molar refractivity (Wildman–Crippen MR) is 310 cm³/mol. The van der Waals surface area contributed by atoms with E-state index >= 15 is 0 Å². The van der Waals surface area contributed by atoms with Gasteiger partial charge in [0.1, 0.15) is 29.5 Å². The molecule has 0 aromatic heterocycles. The first-order valence-corrected chi connectivity index (χ1v) is 27.6. The van der Waals surface area contributed by atoms with Crippen LogP contribution in [0.15, 0.2) is 226 Å². The van der Waals surface area contributed by atoms with Crippen molar-refractivity contribution in [2.45, 2.75) is 78.3 Å². The summed E-state index contributed by atoms with van der Waals surface area (Å²) in [5.41, 5.74) is 8.98. The van der Waals surface area contributed by atoms with Crippen molar-refractivity contribution in [3.05, 3.63) is 265 Å². The third kappa shape index (κ3) is 18.3. The van der Waals surface area contributed by atoms with E-state index in [0.717, 1.165) is 31.4 Å². The quantitative estimate of drug-likeness (QED) is 0.0758. The topological polar surface area (TPSA) is 17.1 Å². The van der Waals surface area contributed by atoms with E-state index in [4.69, 9.17) is 0 Å². The molecule has 0 spiro atoms. The number of aryl methyl sites for hydroxylation is 1. The lowest BCUT2D eigenvalue weighted by atomic mass is 9.87. The van der Waals surface area contributed by atoms with Gasteiger partial charge in [0.25, 0.3) is 0 Å². The second kappa shape index (κ2) is 28.4. The molecule has 0 N–H and O–H groups in total. The number of carbonyl (C=O) groups is 1. The van der Waals surface area contributed by atoms with Crippen LogP contribution in [-0.4, -0.2) is 6.29 Å². The highest BCUT2D eigenvalue weighted by molar-refractivity contribution is 9.11. The summed E-state index contributed by atoms with van der Waals surface area (Å²) in [5, 5.41) is 4.26. The standard InChI is InChI=1S/C25H21BrP.C18H19Br.C11H14O.C9H11Br.BrH/c26-22-18-16-21(17-19-22)20-27(23-10-4-1-5-11-23,24-12-6-2-7-13-24)25-14-8-3-9-15-25;1-18(2,3)16-10-6-14(7-11-16)4-5-15-8-12-17(19)13-9-15;1-11(2,3)10-6-4-9(8-12)5-7-10;1-2-3-8-4-6-9(10)7-5-8;/h1-19H,20H2;4-13H,1-3H3;4-8H,1-3H3;4-7H,2-3H2,1H3;1H/q+1;;;;/p-1/b;5-4+;;;. The molecule has 6 heteroatoms. The summed E-state index contributed by atoms with van der Waals surface area (Å²) < 4.78 is 3.39. The number of benzene rings is 8. The van der Waals surface area contributed by atoms with E-state index in [-0.39, 0.29) is 27.8 Å². The van der Waals surface area contributed by atoms with Crippen molar-refractivity contribution in [3.63, 3.8) is 0 Å². The Morgan fingerprint density at radius 3 is 1.03 bits per heavy atom. The average Bonchev–Trinajstić information content (AvgIpc) is 3.35. The first kappa shape index (κ1) is 57.1. The number of hydrogen-bond donors (Lipinski definition) is 0. The van der Waals surface area contributed by atoms with Gasteiger partial charge in [-0.3, -0.25) is 4.79 Å². The third-order valence-corrected chi connectivity index (χ3v) is 17.4. The summed E-state index contributed by atoms with van der Waals surface area (Å²) in [4.78, 5) is 10.4. The Hall–Kier alpha value is -4.48. The fourth-order valence-corrected chi connectivity index (χ4v) is 12.5. The molecule has 0 unspecified atom stereocenters. The minimum Gasteiger partial charge on any atom is -1.00 e. The first-order valence-electron chi connectivity index (χ1n) is 23.2. The maximum Gasteiger partial charge on any atom is 0.150 e. The normalized spacial score (nSPS) is 11.1. The lowest BCUT2D eigenvalue weighted by Crippen LogP contribution is -3.00. The Morgan fingerprint density at radius 2 is 0.710 bits per heavy atom. The highest BCUT2D eigenvalue weighted by Crippen LogP contribution is 2.58. The van der Waals surface area contributed by atoms with Crippen LogP contribution in [0.1, 0.15) is 98.6 Å². The smallest absolute Gasteiger partial charge is 0.150 e. The van der Waals surface area contributed by atoms with E-state index in [9.17, 15) is 4.79 Å². The second-order valence-electron chi connectivity index (χ2n) is 18.7. The van der Waals surface area contributed by atoms with Crippen molar-refractivity contribution in [1.29, 1.82) is 0 Å². The first-order chi connectivity index (χ1) is 32.6. The molecule has 8 aromatic carbocycles. The summed E-state index contributed by atoms with van der Waals surface area (Å²) >= 11 is 10.4. The van der Waals surface area contributed by atoms with E-state index in [1.807, 2.05) is 24.3 Å². The van der Waals surface area contributed by atoms with Gasteiger partial charge in [-0.2, -0.15) is 0 Å². The van der Waals surface area contributed by atoms with Gasteiger partial charge in [0.15, 0.2) is 0 Å². The molecule has 0 aliphatic rings. The van der Waals surface area contributed by atoms with E-state index < -0.39 is 7.26 Å². The molecule has 356 valence electrons. The highest BCUT2D eigenvalue weighted by Gasteiger charge is 2.45. The Morgan fingerprint density at radius 1 is 0.406 bits per heavy atom. The Balaban J connectivity index is 0.000000215. The molecule has 0 saturated carbocycles. The number of rotatable bonds is 10. The number of aldehydes is 1. The van der Waals surface area contributed by atoms with Crippen molar-refractivity contribution in [2.75, 3.05) is 0 Å². The second-order valence-corrected chi connectivity index (χ2v) is 25.0. The monoisotopic (exact) mass is 1180 g/mol. The van der Waals surface area contributed by atoms with E-state index in [0.29, 0.717) is 0 Å². The molecule has 0 aliphatic heterocycles. The van der Waals surface area contributed by atoms with Crippen molar-refractivity contribution >= 4 is 89.4 Å². The van der Waals surface area contributed by atoms with Crippen LogP contribution in [0.5, 0.6) is 0 Å². The van der Waals surface area contributed by atoms with Gasteiger partial charge in [-0.15, -0.1) is 0 Å². The van der Waals surface area contributed by atoms with Crippen molar-refractivity contribution in [3.8, 4) is 0 Å². The molecule has 0 radical (unpaired) electrons. The summed E-state index contributed by atoms with van der Waals surface area (Å²) in [7, 11) is -1.81. The van der Waals surface area contributed by atoms with Crippen LogP contribution in [0.3, 0.4) is 0 Å². The average molecular weight is 1190 g/mol. The molecule has 0 saturated heterocycles. The van der Waals surface area contributed by atoms with Crippen LogP contribution < -0.4 is 32.9 Å². The zero-order chi connectivity index (χ0) is 49.0. The molecule has 0 bridgehead atoms. The maximum atomic E-state index is 10.4. The molecule has 0 fully saturated rings. The Kier molecular flexibility index (Phi) is 23.5. The third-order valence-electron chi connectivity index (χ3n) is 11.4. The SMILES string of the molecule is Brc1ccc(C[P+](c2ccccc2)(c2ccccc2)c2ccccc2)cc1.CC(C)(C)c1ccc(/C=C/c2ccc(Br)cc2)cc1.CC(C)(C)c1ccc(C=O)cc1.CCCc1ccc(Br)cc1.[Br-]. The summed E-state index contributed by atoms with van der Waals surface area (Å²) in [5.74, 6) is 0. The largest absolute Gasteiger partial charge is 1.00 e. The zero-order valence-corrected chi connectivity index (χ0v) is 48.2. The molecule has 8 rings (SSSR count). The van der Waals surface area contributed by atoms with Gasteiger partial charge in [-0.1, -0.05) is 254 Å². The molecular weight excluding hydrogens is 1120 g/mol. The van der Waals surface area contributed by atoms with Gasteiger partial charge in [-0.25, -0.2) is 0 Å². The lowest BCUT2D eigenvalue weighted by Gasteiger charge is -2.27. The minimum absolute atomic E-state index is 0. The Labute approximate surface area is 450 Å². The molecule has 0 amide bonds. The molecule has 1 nitrogen and oxygen atoms in total. The highest BCUT2D eigenvalue weighted by atomic mass is 79.9. The Bertz CT molecular complexity index is 2610. The minimum atomic E-state index is -1.81. The predicted octanol–water partition coefficient (Wildman–Crippen LogP) is 15.1. The van der Waals surface area contributed by atoms with E-state index in [1.165, 1.54) is 62.1 Å². The summed E-state index contributed by atoms with van der Waals surface area (Å²) in [6.45, 7) is 15.4. The van der Waals surface area contributed by atoms with Crippen LogP contribution in [0.25, 0.3) is 12.2 Å². The fourth-order valence-electron chi connectivity index (χ4n) is 7.49. The van der Waals surface area contributed by atoms with Gasteiger partial charge in [0.05, 0.1) is 6.16 Å². The maximum absolute atomic E-state index is 10.4. The molecule has 0 atom stereocenters. The van der Waals surface area contributed by atoms with Crippen molar-refractivity contribution in [1.82, 2.24) is 0 Å². The van der Waals surface area contributed by atoms with Gasteiger partial charge < -0.3 is 17.0 Å². The zero-order valence-electron chi connectivity index (χ0n) is 40.9. The molecular formula is C63H65Br4OP. The van der Waals surface area contributed by atoms with Crippen LogP contribution >= 0.6 is 55.1 Å². The number of halogens is 4. The number of hydrogen-bond acceptors (Lipinski definition) is 1. The molecule has 0 heterocycles. The van der Waals surface area contributed by atoms with Crippen LogP contribution in [0.2, 0.25) is 0 Å². The van der Waals surface area contributed by atoms with Gasteiger partial charge in [0.2, 0.25) is 0 Å². The van der Waals surface area contributed by atoms with Crippen LogP contribution in [0.4, 0.5) is 0 Å². The van der Waals surface area contributed by atoms with E-state index in [1.54, 1.807) is 0 Å².